The second kappa shape index (κ2) is 8.05. The maximum Gasteiger partial charge on any atom is 0.232 e. The summed E-state index contributed by atoms with van der Waals surface area (Å²) < 4.78 is 0. The van der Waals surface area contributed by atoms with Crippen LogP contribution in [0.25, 0.3) is 44.6 Å². The van der Waals surface area contributed by atoms with Gasteiger partial charge in [-0.05, 0) is 32.0 Å². The highest BCUT2D eigenvalue weighted by Gasteiger charge is 2.18. The molecule has 0 amide bonds. The number of aromatic amines is 1. The van der Waals surface area contributed by atoms with Crippen molar-refractivity contribution in [3.8, 4) is 22.5 Å². The van der Waals surface area contributed by atoms with Gasteiger partial charge in [-0.25, -0.2) is 9.97 Å². The molecule has 32 heavy (non-hydrogen) atoms. The third-order valence-corrected chi connectivity index (χ3v) is 5.42. The number of H-pyrrole nitrogens is 1. The minimum atomic E-state index is -0.200. The van der Waals surface area contributed by atoms with Crippen LogP contribution in [0.3, 0.4) is 0 Å². The largest absolute Gasteiger partial charge is 0.378 e. The third kappa shape index (κ3) is 3.59. The van der Waals surface area contributed by atoms with Gasteiger partial charge in [-0.15, -0.1) is 0 Å². The van der Waals surface area contributed by atoms with Crippen LogP contribution in [0.1, 0.15) is 13.8 Å². The molecule has 6 nitrogen and oxygen atoms in total. The minimum Gasteiger partial charge on any atom is -0.378 e. The summed E-state index contributed by atoms with van der Waals surface area (Å²) in [6, 6.07) is 17.5. The van der Waals surface area contributed by atoms with E-state index in [1.165, 1.54) is 0 Å². The molecule has 0 spiro atoms. The molecule has 3 aromatic heterocycles. The lowest BCUT2D eigenvalue weighted by atomic mass is 10.0. The zero-order chi connectivity index (χ0) is 22.2. The van der Waals surface area contributed by atoms with Crippen LogP contribution >= 0.6 is 11.6 Å². The van der Waals surface area contributed by atoms with Crippen LogP contribution in [0, 0.1) is 0 Å². The van der Waals surface area contributed by atoms with Gasteiger partial charge < -0.3 is 10.3 Å². The molecule has 5 rings (SSSR count). The molecule has 158 valence electrons. The Morgan fingerprint density at radius 1 is 0.938 bits per heavy atom. The van der Waals surface area contributed by atoms with Crippen molar-refractivity contribution in [3.63, 3.8) is 0 Å². The predicted molar refractivity (Wildman–Crippen MR) is 130 cm³/mol. The first-order chi connectivity index (χ1) is 15.5. The Bertz CT molecular complexity index is 1510. The molecule has 5 aromatic rings. The second-order valence-electron chi connectivity index (χ2n) is 7.85. The first kappa shape index (κ1) is 20.2. The molecule has 0 saturated heterocycles. The lowest BCUT2D eigenvalue weighted by Gasteiger charge is -2.13. The van der Waals surface area contributed by atoms with Gasteiger partial charge in [0.1, 0.15) is 5.69 Å². The van der Waals surface area contributed by atoms with Crippen LogP contribution in [-0.2, 0) is 0 Å². The van der Waals surface area contributed by atoms with Gasteiger partial charge in [0.15, 0.2) is 11.2 Å². The van der Waals surface area contributed by atoms with Gasteiger partial charge in [0.05, 0.1) is 21.9 Å². The number of aromatic nitrogens is 4. The topological polar surface area (TPSA) is 83.6 Å². The number of anilines is 1. The summed E-state index contributed by atoms with van der Waals surface area (Å²) in [5.74, 6) is 0. The van der Waals surface area contributed by atoms with Crippen LogP contribution < -0.4 is 10.7 Å². The Morgan fingerprint density at radius 2 is 1.72 bits per heavy atom. The highest BCUT2D eigenvalue weighted by Crippen LogP contribution is 2.34. The van der Waals surface area contributed by atoms with E-state index >= 15 is 0 Å². The number of halogens is 1. The van der Waals surface area contributed by atoms with Crippen LogP contribution in [0.15, 0.2) is 71.8 Å². The quantitative estimate of drug-likeness (QED) is 0.375. The Hall–Kier alpha value is -3.77. The van der Waals surface area contributed by atoms with Gasteiger partial charge >= 0.3 is 0 Å². The van der Waals surface area contributed by atoms with Crippen LogP contribution in [0.5, 0.6) is 0 Å². The standard InChI is InChI=1S/C25H20ClN5O/c1-14(2)29-19-13-28-25-23(24(19)32)30-22(21(31-25)15-7-4-3-5-8-15)17-11-16-9-6-10-27-20(16)18(26)12-17/h3-14,29H,1-2H3,(H,28,31,32). The monoisotopic (exact) mass is 441 g/mol. The first-order valence-corrected chi connectivity index (χ1v) is 10.7. The molecule has 3 heterocycles. The molecule has 0 atom stereocenters. The lowest BCUT2D eigenvalue weighted by molar-refractivity contribution is 0.896. The fourth-order valence-electron chi connectivity index (χ4n) is 3.73. The lowest BCUT2D eigenvalue weighted by Crippen LogP contribution is -2.19. The SMILES string of the molecule is CC(C)Nc1c[nH]c2nc(-c3ccccc3)c(-c3cc(Cl)c4ncccc4c3)nc2c1=O. The van der Waals surface area contributed by atoms with Crippen molar-refractivity contribution in [1.29, 1.82) is 0 Å². The van der Waals surface area contributed by atoms with E-state index in [1.54, 1.807) is 12.4 Å². The smallest absolute Gasteiger partial charge is 0.232 e. The molecule has 2 N–H and O–H groups in total. The van der Waals surface area contributed by atoms with Gasteiger partial charge in [0.2, 0.25) is 5.43 Å². The summed E-state index contributed by atoms with van der Waals surface area (Å²) in [4.78, 5) is 30.3. The number of nitrogens with one attached hydrogen (secondary N) is 2. The number of fused-ring (bicyclic) bond motifs is 2. The zero-order valence-electron chi connectivity index (χ0n) is 17.6. The number of benzene rings is 2. The molecular formula is C25H20ClN5O. The fraction of sp³-hybridized carbons (Fsp3) is 0.120. The van der Waals surface area contributed by atoms with Crippen molar-refractivity contribution in [2.75, 3.05) is 5.32 Å². The molecule has 0 radical (unpaired) electrons. The van der Waals surface area contributed by atoms with E-state index in [9.17, 15) is 4.79 Å². The maximum absolute atomic E-state index is 13.2. The van der Waals surface area contributed by atoms with Crippen molar-refractivity contribution in [1.82, 2.24) is 19.9 Å². The highest BCUT2D eigenvalue weighted by molar-refractivity contribution is 6.35. The van der Waals surface area contributed by atoms with E-state index in [0.717, 1.165) is 16.5 Å². The summed E-state index contributed by atoms with van der Waals surface area (Å²) in [7, 11) is 0. The van der Waals surface area contributed by atoms with Gasteiger partial charge in [-0.2, -0.15) is 0 Å². The van der Waals surface area contributed by atoms with Gasteiger partial charge in [-0.1, -0.05) is 48.0 Å². The number of pyridine rings is 2. The molecule has 0 saturated carbocycles. The molecule has 0 fully saturated rings. The molecule has 0 aliphatic heterocycles. The van der Waals surface area contributed by atoms with E-state index in [1.807, 2.05) is 68.4 Å². The predicted octanol–water partition coefficient (Wildman–Crippen LogP) is 5.67. The summed E-state index contributed by atoms with van der Waals surface area (Å²) in [5.41, 5.74) is 4.59. The van der Waals surface area contributed by atoms with E-state index in [4.69, 9.17) is 21.6 Å². The third-order valence-electron chi connectivity index (χ3n) is 5.13. The second-order valence-corrected chi connectivity index (χ2v) is 8.25. The highest BCUT2D eigenvalue weighted by atomic mass is 35.5. The van der Waals surface area contributed by atoms with Crippen LogP contribution in [-0.4, -0.2) is 26.0 Å². The average Bonchev–Trinajstić information content (AvgIpc) is 2.80. The van der Waals surface area contributed by atoms with Gasteiger partial charge in [0, 0.05) is 34.9 Å². The molecule has 7 heteroatoms. The summed E-state index contributed by atoms with van der Waals surface area (Å²) in [5, 5.41) is 4.57. The fourth-order valence-corrected chi connectivity index (χ4v) is 4.00. The average molecular weight is 442 g/mol. The summed E-state index contributed by atoms with van der Waals surface area (Å²) in [6.07, 6.45) is 3.36. The number of hydrogen-bond acceptors (Lipinski definition) is 5. The molecule has 0 bridgehead atoms. The summed E-state index contributed by atoms with van der Waals surface area (Å²) >= 11 is 6.55. The van der Waals surface area contributed by atoms with E-state index < -0.39 is 0 Å². The van der Waals surface area contributed by atoms with E-state index in [-0.39, 0.29) is 17.0 Å². The van der Waals surface area contributed by atoms with Crippen LogP contribution in [0.4, 0.5) is 5.69 Å². The Balaban J connectivity index is 1.83. The van der Waals surface area contributed by atoms with Crippen molar-refractivity contribution in [3.05, 3.63) is 82.2 Å². The normalized spacial score (nSPS) is 11.4. The molecule has 2 aromatic carbocycles. The molecular weight excluding hydrogens is 422 g/mol. The van der Waals surface area contributed by atoms with Crippen molar-refractivity contribution in [2.45, 2.75) is 19.9 Å². The van der Waals surface area contributed by atoms with E-state index in [2.05, 4.69) is 15.3 Å². The first-order valence-electron chi connectivity index (χ1n) is 10.3. The number of hydrogen-bond donors (Lipinski definition) is 2. The van der Waals surface area contributed by atoms with E-state index in [0.29, 0.717) is 33.3 Å². The van der Waals surface area contributed by atoms with Crippen molar-refractivity contribution >= 4 is 39.4 Å². The molecule has 0 aliphatic rings. The molecule has 0 unspecified atom stereocenters. The van der Waals surface area contributed by atoms with Crippen LogP contribution in [0.2, 0.25) is 5.02 Å². The Kier molecular flexibility index (Phi) is 5.07. The molecule has 0 aliphatic carbocycles. The Morgan fingerprint density at radius 3 is 2.50 bits per heavy atom. The minimum absolute atomic E-state index is 0.108. The summed E-state index contributed by atoms with van der Waals surface area (Å²) in [6.45, 7) is 3.95. The number of nitrogens with zero attached hydrogens (tertiary/aromatic N) is 3. The Labute approximate surface area is 189 Å². The van der Waals surface area contributed by atoms with Crippen molar-refractivity contribution in [2.24, 2.45) is 0 Å². The maximum atomic E-state index is 13.2. The van der Waals surface area contributed by atoms with Gasteiger partial charge in [-0.3, -0.25) is 9.78 Å². The van der Waals surface area contributed by atoms with Gasteiger partial charge in [0.25, 0.3) is 0 Å². The number of rotatable bonds is 4. The zero-order valence-corrected chi connectivity index (χ0v) is 18.3. The van der Waals surface area contributed by atoms with Crippen molar-refractivity contribution < 1.29 is 0 Å².